The number of hydrogen-bond acceptors (Lipinski definition) is 5. The molecular formula is C23H27N3O4S. The van der Waals surface area contributed by atoms with Crippen LogP contribution < -0.4 is 24.8 Å². The van der Waals surface area contributed by atoms with Gasteiger partial charge in [-0.05, 0) is 54.5 Å². The van der Waals surface area contributed by atoms with Gasteiger partial charge in [0.2, 0.25) is 12.7 Å². The lowest BCUT2D eigenvalue weighted by molar-refractivity contribution is -0.125. The minimum atomic E-state index is -0.224. The summed E-state index contributed by atoms with van der Waals surface area (Å²) in [6.45, 7) is 4.67. The van der Waals surface area contributed by atoms with Crippen molar-refractivity contribution in [2.24, 2.45) is 5.92 Å². The monoisotopic (exact) mass is 441 g/mol. The molecule has 2 aliphatic rings. The minimum Gasteiger partial charge on any atom is -0.497 e. The Balaban J connectivity index is 1.49. The Labute approximate surface area is 187 Å². The van der Waals surface area contributed by atoms with Crippen LogP contribution in [0.2, 0.25) is 0 Å². The molecule has 0 radical (unpaired) electrons. The lowest BCUT2D eigenvalue weighted by Gasteiger charge is -2.19. The zero-order chi connectivity index (χ0) is 21.8. The van der Waals surface area contributed by atoms with E-state index >= 15 is 0 Å². The quantitative estimate of drug-likeness (QED) is 0.668. The van der Waals surface area contributed by atoms with E-state index in [0.717, 1.165) is 29.2 Å². The molecule has 2 heterocycles. The number of likely N-dealkylation sites (tertiary alicyclic amines) is 1. The number of amides is 1. The average molecular weight is 442 g/mol. The molecule has 1 fully saturated rings. The van der Waals surface area contributed by atoms with Crippen LogP contribution in [0.25, 0.3) is 0 Å². The molecule has 8 heteroatoms. The number of fused-ring (bicyclic) bond motifs is 1. The molecular weight excluding hydrogens is 414 g/mol. The molecule has 2 atom stereocenters. The van der Waals surface area contributed by atoms with E-state index in [-0.39, 0.29) is 24.5 Å². The normalized spacial score (nSPS) is 19.2. The van der Waals surface area contributed by atoms with Gasteiger partial charge in [-0.25, -0.2) is 0 Å². The van der Waals surface area contributed by atoms with Crippen LogP contribution in [0.5, 0.6) is 17.2 Å². The molecule has 2 unspecified atom stereocenters. The number of thiocarbonyl (C=S) groups is 1. The van der Waals surface area contributed by atoms with Crippen molar-refractivity contribution in [3.05, 3.63) is 53.6 Å². The summed E-state index contributed by atoms with van der Waals surface area (Å²) in [6, 6.07) is 13.6. The molecule has 7 nitrogen and oxygen atoms in total. The summed E-state index contributed by atoms with van der Waals surface area (Å²) in [5.41, 5.74) is 2.04. The topological polar surface area (TPSA) is 72.1 Å². The number of carbonyl (C=O) groups excluding carboxylic acids is 1. The molecule has 1 saturated heterocycles. The zero-order valence-corrected chi connectivity index (χ0v) is 18.5. The smallest absolute Gasteiger partial charge is 0.231 e. The standard InChI is InChI=1S/C23H27N3O4S/c1-3-24-23(31)26-12-18(16-5-4-6-17(10-16)28-2)19(13-26)22(27)25-11-15-7-8-20-21(9-15)30-14-29-20/h4-10,18-19H,3,11-14H2,1-2H3,(H,24,31)(H,25,27). The summed E-state index contributed by atoms with van der Waals surface area (Å²) in [7, 11) is 1.65. The second-order valence-electron chi connectivity index (χ2n) is 7.64. The molecule has 1 amide bonds. The van der Waals surface area contributed by atoms with E-state index in [1.807, 2.05) is 49.4 Å². The van der Waals surface area contributed by atoms with Gasteiger partial charge in [0.05, 0.1) is 13.0 Å². The van der Waals surface area contributed by atoms with Gasteiger partial charge in [-0.3, -0.25) is 4.79 Å². The second-order valence-corrected chi connectivity index (χ2v) is 8.02. The van der Waals surface area contributed by atoms with Crippen molar-refractivity contribution in [1.82, 2.24) is 15.5 Å². The molecule has 0 bridgehead atoms. The highest BCUT2D eigenvalue weighted by Crippen LogP contribution is 2.35. The zero-order valence-electron chi connectivity index (χ0n) is 17.7. The van der Waals surface area contributed by atoms with Crippen molar-refractivity contribution in [2.45, 2.75) is 19.4 Å². The Morgan fingerprint density at radius 2 is 2.00 bits per heavy atom. The number of nitrogens with one attached hydrogen (secondary N) is 2. The van der Waals surface area contributed by atoms with Crippen molar-refractivity contribution in [3.63, 3.8) is 0 Å². The SMILES string of the molecule is CCNC(=S)N1CC(C(=O)NCc2ccc3c(c2)OCO3)C(c2cccc(OC)c2)C1. The largest absolute Gasteiger partial charge is 0.497 e. The Bertz CT molecular complexity index is 968. The number of hydrogen-bond donors (Lipinski definition) is 2. The van der Waals surface area contributed by atoms with Crippen LogP contribution in [-0.2, 0) is 11.3 Å². The van der Waals surface area contributed by atoms with Crippen LogP contribution in [0.1, 0.15) is 24.0 Å². The van der Waals surface area contributed by atoms with Gasteiger partial charge < -0.3 is 29.7 Å². The molecule has 2 N–H and O–H groups in total. The Kier molecular flexibility index (Phi) is 6.46. The van der Waals surface area contributed by atoms with E-state index in [2.05, 4.69) is 15.5 Å². The molecule has 0 aliphatic carbocycles. The third-order valence-corrected chi connectivity index (χ3v) is 6.10. The van der Waals surface area contributed by atoms with Gasteiger partial charge in [0.15, 0.2) is 16.6 Å². The molecule has 0 aromatic heterocycles. The van der Waals surface area contributed by atoms with E-state index < -0.39 is 0 Å². The molecule has 2 aromatic carbocycles. The van der Waals surface area contributed by atoms with Gasteiger partial charge >= 0.3 is 0 Å². The maximum absolute atomic E-state index is 13.2. The highest BCUT2D eigenvalue weighted by molar-refractivity contribution is 7.80. The van der Waals surface area contributed by atoms with Gasteiger partial charge in [0.25, 0.3) is 0 Å². The number of nitrogens with zero attached hydrogens (tertiary/aromatic N) is 1. The van der Waals surface area contributed by atoms with Gasteiger partial charge in [-0.2, -0.15) is 0 Å². The van der Waals surface area contributed by atoms with E-state index in [0.29, 0.717) is 30.5 Å². The van der Waals surface area contributed by atoms with Crippen LogP contribution in [0.4, 0.5) is 0 Å². The maximum Gasteiger partial charge on any atom is 0.231 e. The fourth-order valence-corrected chi connectivity index (χ4v) is 4.37. The van der Waals surface area contributed by atoms with Crippen molar-refractivity contribution in [3.8, 4) is 17.2 Å². The molecule has 0 saturated carbocycles. The summed E-state index contributed by atoms with van der Waals surface area (Å²) in [4.78, 5) is 15.3. The third kappa shape index (κ3) is 4.69. The molecule has 0 spiro atoms. The molecule has 4 rings (SSSR count). The molecule has 31 heavy (non-hydrogen) atoms. The van der Waals surface area contributed by atoms with Gasteiger partial charge in [-0.15, -0.1) is 0 Å². The van der Waals surface area contributed by atoms with Crippen LogP contribution >= 0.6 is 12.2 Å². The Morgan fingerprint density at radius 1 is 1.16 bits per heavy atom. The van der Waals surface area contributed by atoms with Gasteiger partial charge in [-0.1, -0.05) is 18.2 Å². The third-order valence-electron chi connectivity index (χ3n) is 5.70. The van der Waals surface area contributed by atoms with Crippen LogP contribution in [0, 0.1) is 5.92 Å². The van der Waals surface area contributed by atoms with Gasteiger partial charge in [0, 0.05) is 32.1 Å². The van der Waals surface area contributed by atoms with E-state index in [1.165, 1.54) is 0 Å². The first-order valence-corrected chi connectivity index (χ1v) is 10.8. The van der Waals surface area contributed by atoms with Crippen molar-refractivity contribution in [2.75, 3.05) is 33.5 Å². The number of benzene rings is 2. The number of methoxy groups -OCH3 is 1. The van der Waals surface area contributed by atoms with Crippen molar-refractivity contribution < 1.29 is 19.0 Å². The summed E-state index contributed by atoms with van der Waals surface area (Å²) in [5.74, 6) is 2.03. The number of ether oxygens (including phenoxy) is 3. The number of carbonyl (C=O) groups is 1. The fraction of sp³-hybridized carbons (Fsp3) is 0.391. The van der Waals surface area contributed by atoms with E-state index in [9.17, 15) is 4.79 Å². The van der Waals surface area contributed by atoms with Crippen LogP contribution in [0.3, 0.4) is 0 Å². The van der Waals surface area contributed by atoms with Crippen molar-refractivity contribution in [1.29, 1.82) is 0 Å². The predicted octanol–water partition coefficient (Wildman–Crippen LogP) is 2.65. The molecule has 2 aromatic rings. The summed E-state index contributed by atoms with van der Waals surface area (Å²) in [5, 5.41) is 6.98. The minimum absolute atomic E-state index is 0.00675. The Morgan fingerprint density at radius 3 is 2.81 bits per heavy atom. The Hall–Kier alpha value is -3.00. The highest BCUT2D eigenvalue weighted by atomic mass is 32.1. The molecule has 164 valence electrons. The second kappa shape index (κ2) is 9.43. The van der Waals surface area contributed by atoms with Gasteiger partial charge in [0.1, 0.15) is 5.75 Å². The maximum atomic E-state index is 13.2. The van der Waals surface area contributed by atoms with E-state index in [1.54, 1.807) is 7.11 Å². The van der Waals surface area contributed by atoms with Crippen molar-refractivity contribution >= 4 is 23.2 Å². The average Bonchev–Trinajstić information content (AvgIpc) is 3.44. The lowest BCUT2D eigenvalue weighted by Crippen LogP contribution is -2.39. The number of rotatable bonds is 6. The summed E-state index contributed by atoms with van der Waals surface area (Å²) < 4.78 is 16.2. The first-order valence-electron chi connectivity index (χ1n) is 10.4. The summed E-state index contributed by atoms with van der Waals surface area (Å²) >= 11 is 5.52. The first kappa shape index (κ1) is 21.2. The lowest BCUT2D eigenvalue weighted by atomic mass is 9.88. The highest BCUT2D eigenvalue weighted by Gasteiger charge is 2.39. The fourth-order valence-electron chi connectivity index (χ4n) is 4.08. The predicted molar refractivity (Wildman–Crippen MR) is 121 cm³/mol. The first-order chi connectivity index (χ1) is 15.1. The summed E-state index contributed by atoms with van der Waals surface area (Å²) in [6.07, 6.45) is 0. The van der Waals surface area contributed by atoms with Crippen LogP contribution in [-0.4, -0.2) is 49.5 Å². The van der Waals surface area contributed by atoms with Crippen LogP contribution in [0.15, 0.2) is 42.5 Å². The van der Waals surface area contributed by atoms with E-state index in [4.69, 9.17) is 26.4 Å². The molecule has 2 aliphatic heterocycles.